The summed E-state index contributed by atoms with van der Waals surface area (Å²) in [6, 6.07) is 18.0. The molecule has 3 fully saturated rings. The number of Topliss-reactive ketones (excluding diaryl/α,β-unsaturated/α-hetero) is 1. The molecule has 2 aromatic carbocycles. The maximum atomic E-state index is 13.9. The van der Waals surface area contributed by atoms with Gasteiger partial charge in [-0.15, -0.1) is 0 Å². The van der Waals surface area contributed by atoms with Crippen LogP contribution in [0.5, 0.6) is 5.75 Å². The van der Waals surface area contributed by atoms with Gasteiger partial charge in [-0.25, -0.2) is 0 Å². The molecule has 2 heterocycles. The zero-order valence-electron chi connectivity index (χ0n) is 21.6. The van der Waals surface area contributed by atoms with Gasteiger partial charge < -0.3 is 9.47 Å². The van der Waals surface area contributed by atoms with Gasteiger partial charge in [-0.3, -0.25) is 14.5 Å². The van der Waals surface area contributed by atoms with Crippen LogP contribution in [0.25, 0.3) is 0 Å². The molecule has 2 aromatic rings. The second-order valence-electron chi connectivity index (χ2n) is 11.2. The molecule has 6 rings (SSSR count). The number of nitrogens with zero attached hydrogens (tertiary/aromatic N) is 1. The van der Waals surface area contributed by atoms with E-state index in [4.69, 9.17) is 9.47 Å². The Morgan fingerprint density at radius 2 is 1.57 bits per heavy atom. The zero-order chi connectivity index (χ0) is 25.2. The number of carbonyl (C=O) groups is 2. The van der Waals surface area contributed by atoms with Crippen LogP contribution in [-0.2, 0) is 20.7 Å². The predicted octanol–water partition coefficient (Wildman–Crippen LogP) is 6.33. The standard InChI is InChI=1S/C32H37NO4/c34-30(25-12-6-2-7-13-25)28-21-32(33(31(28)35)29(22-36-32)24-10-4-1-5-11-24)20-23-16-18-27(19-17-23)37-26-14-8-3-9-15-26/h1,4-5,10-11,16-19,21,25-26,29H,2-3,6-9,12-15,20,22H2/t29-,32-/m1/s1. The maximum Gasteiger partial charge on any atom is 0.260 e. The Hall–Kier alpha value is -2.92. The SMILES string of the molecule is O=C(C1=C[C@@]2(Cc3ccc(OC4CCCCC4)cc3)OC[C@H](c3ccccc3)N2C1=O)C1CCCCC1. The van der Waals surface area contributed by atoms with Crippen LogP contribution in [0, 0.1) is 5.92 Å². The number of hydrogen-bond donors (Lipinski definition) is 0. The van der Waals surface area contributed by atoms with Gasteiger partial charge in [0.1, 0.15) is 5.75 Å². The van der Waals surface area contributed by atoms with Crippen molar-refractivity contribution < 1.29 is 19.1 Å². The fourth-order valence-electron chi connectivity index (χ4n) is 6.70. The minimum Gasteiger partial charge on any atom is -0.490 e. The van der Waals surface area contributed by atoms with Gasteiger partial charge in [-0.1, -0.05) is 68.1 Å². The number of carbonyl (C=O) groups excluding carboxylic acids is 2. The summed E-state index contributed by atoms with van der Waals surface area (Å²) >= 11 is 0. The molecule has 2 aliphatic heterocycles. The van der Waals surface area contributed by atoms with Gasteiger partial charge in [-0.2, -0.15) is 0 Å². The molecule has 5 nitrogen and oxygen atoms in total. The lowest BCUT2D eigenvalue weighted by molar-refractivity contribution is -0.137. The number of amides is 1. The summed E-state index contributed by atoms with van der Waals surface area (Å²) in [6.45, 7) is 0.417. The molecule has 0 aromatic heterocycles. The number of fused-ring (bicyclic) bond motifs is 1. The molecule has 2 aliphatic carbocycles. The van der Waals surface area contributed by atoms with E-state index in [9.17, 15) is 9.59 Å². The van der Waals surface area contributed by atoms with Crippen molar-refractivity contribution in [3.05, 3.63) is 77.4 Å². The molecule has 0 radical (unpaired) electrons. The van der Waals surface area contributed by atoms with Crippen molar-refractivity contribution in [1.82, 2.24) is 4.90 Å². The summed E-state index contributed by atoms with van der Waals surface area (Å²) in [4.78, 5) is 29.2. The third kappa shape index (κ3) is 4.86. The molecule has 37 heavy (non-hydrogen) atoms. The molecule has 0 bridgehead atoms. The van der Waals surface area contributed by atoms with Crippen LogP contribution >= 0.6 is 0 Å². The number of benzene rings is 2. The minimum absolute atomic E-state index is 0.00474. The Morgan fingerprint density at radius 3 is 2.27 bits per heavy atom. The maximum absolute atomic E-state index is 13.9. The largest absolute Gasteiger partial charge is 0.490 e. The fraction of sp³-hybridized carbons (Fsp3) is 0.500. The van der Waals surface area contributed by atoms with E-state index in [1.165, 1.54) is 25.7 Å². The first kappa shape index (κ1) is 24.4. The smallest absolute Gasteiger partial charge is 0.260 e. The summed E-state index contributed by atoms with van der Waals surface area (Å²) in [6.07, 6.45) is 13.7. The highest BCUT2D eigenvalue weighted by Crippen LogP contribution is 2.46. The van der Waals surface area contributed by atoms with Crippen molar-refractivity contribution in [3.63, 3.8) is 0 Å². The average Bonchev–Trinajstić information content (AvgIpc) is 3.45. The monoisotopic (exact) mass is 499 g/mol. The first-order valence-corrected chi connectivity index (χ1v) is 14.2. The Bertz CT molecular complexity index is 1150. The molecule has 2 atom stereocenters. The zero-order valence-corrected chi connectivity index (χ0v) is 21.6. The fourth-order valence-corrected chi connectivity index (χ4v) is 6.70. The van der Waals surface area contributed by atoms with E-state index in [0.29, 0.717) is 24.7 Å². The van der Waals surface area contributed by atoms with Crippen LogP contribution < -0.4 is 4.74 Å². The molecule has 0 unspecified atom stereocenters. The molecule has 4 aliphatic rings. The van der Waals surface area contributed by atoms with Gasteiger partial charge in [0.25, 0.3) is 5.91 Å². The second kappa shape index (κ2) is 10.4. The van der Waals surface area contributed by atoms with Gasteiger partial charge in [0.05, 0.1) is 24.3 Å². The third-order valence-corrected chi connectivity index (χ3v) is 8.69. The number of hydrogen-bond acceptors (Lipinski definition) is 4. The summed E-state index contributed by atoms with van der Waals surface area (Å²) in [5.74, 6) is 0.669. The first-order valence-electron chi connectivity index (χ1n) is 14.2. The predicted molar refractivity (Wildman–Crippen MR) is 142 cm³/mol. The minimum atomic E-state index is -0.941. The van der Waals surface area contributed by atoms with E-state index < -0.39 is 5.72 Å². The molecule has 2 saturated carbocycles. The Morgan fingerprint density at radius 1 is 0.892 bits per heavy atom. The Labute approximate surface area is 219 Å². The van der Waals surface area contributed by atoms with Crippen molar-refractivity contribution in [2.24, 2.45) is 5.92 Å². The highest BCUT2D eigenvalue weighted by atomic mass is 16.5. The summed E-state index contributed by atoms with van der Waals surface area (Å²) in [5, 5.41) is 0. The van der Waals surface area contributed by atoms with E-state index in [2.05, 4.69) is 12.1 Å². The Balaban J connectivity index is 1.27. The third-order valence-electron chi connectivity index (χ3n) is 8.69. The summed E-state index contributed by atoms with van der Waals surface area (Å²) in [5.41, 5.74) is 1.48. The van der Waals surface area contributed by atoms with Gasteiger partial charge in [0.15, 0.2) is 11.5 Å². The lowest BCUT2D eigenvalue weighted by Crippen LogP contribution is -2.45. The van der Waals surface area contributed by atoms with E-state index >= 15 is 0 Å². The van der Waals surface area contributed by atoms with E-state index in [1.54, 1.807) is 0 Å². The molecule has 194 valence electrons. The number of ether oxygens (including phenoxy) is 2. The first-order chi connectivity index (χ1) is 18.1. The van der Waals surface area contributed by atoms with Gasteiger partial charge in [0.2, 0.25) is 0 Å². The molecular formula is C32H37NO4. The quantitative estimate of drug-likeness (QED) is 0.418. The Kier molecular flexibility index (Phi) is 6.90. The highest BCUT2D eigenvalue weighted by Gasteiger charge is 2.56. The van der Waals surface area contributed by atoms with Crippen LogP contribution in [0.1, 0.15) is 81.4 Å². The average molecular weight is 500 g/mol. The second-order valence-corrected chi connectivity index (χ2v) is 11.2. The highest BCUT2D eigenvalue weighted by molar-refractivity contribution is 6.22. The van der Waals surface area contributed by atoms with Crippen molar-refractivity contribution in [3.8, 4) is 5.75 Å². The molecule has 1 saturated heterocycles. The molecular weight excluding hydrogens is 462 g/mol. The number of rotatable bonds is 7. The van der Waals surface area contributed by atoms with E-state index in [0.717, 1.165) is 55.4 Å². The molecule has 1 amide bonds. The van der Waals surface area contributed by atoms with Gasteiger partial charge in [-0.05, 0) is 67.9 Å². The summed E-state index contributed by atoms with van der Waals surface area (Å²) in [7, 11) is 0. The van der Waals surface area contributed by atoms with E-state index in [1.807, 2.05) is 53.4 Å². The van der Waals surface area contributed by atoms with Crippen molar-refractivity contribution in [1.29, 1.82) is 0 Å². The number of ketones is 1. The molecule has 0 spiro atoms. The van der Waals surface area contributed by atoms with Crippen molar-refractivity contribution in [2.45, 2.75) is 88.5 Å². The van der Waals surface area contributed by atoms with Gasteiger partial charge >= 0.3 is 0 Å². The molecule has 5 heteroatoms. The normalized spacial score (nSPS) is 26.7. The van der Waals surface area contributed by atoms with Crippen molar-refractivity contribution in [2.75, 3.05) is 6.61 Å². The van der Waals surface area contributed by atoms with Crippen LogP contribution in [0.3, 0.4) is 0 Å². The van der Waals surface area contributed by atoms with Gasteiger partial charge in [0, 0.05) is 12.3 Å². The van der Waals surface area contributed by atoms with Crippen LogP contribution in [-0.4, -0.2) is 35.0 Å². The molecule has 0 N–H and O–H groups in total. The van der Waals surface area contributed by atoms with Crippen LogP contribution in [0.2, 0.25) is 0 Å². The van der Waals surface area contributed by atoms with Crippen LogP contribution in [0.4, 0.5) is 0 Å². The van der Waals surface area contributed by atoms with Crippen LogP contribution in [0.15, 0.2) is 66.2 Å². The van der Waals surface area contributed by atoms with Crippen molar-refractivity contribution >= 4 is 11.7 Å². The van der Waals surface area contributed by atoms with E-state index in [-0.39, 0.29) is 23.7 Å². The lowest BCUT2D eigenvalue weighted by atomic mass is 9.83. The summed E-state index contributed by atoms with van der Waals surface area (Å²) < 4.78 is 12.7. The topological polar surface area (TPSA) is 55.8 Å². The lowest BCUT2D eigenvalue weighted by Gasteiger charge is -2.33.